The molecule has 1 aromatic carbocycles. The molecule has 1 amide bonds. The highest BCUT2D eigenvalue weighted by Gasteiger charge is 2.32. The van der Waals surface area contributed by atoms with E-state index in [0.717, 1.165) is 22.5 Å². The van der Waals surface area contributed by atoms with Crippen molar-refractivity contribution < 1.29 is 27.5 Å². The molecule has 0 radical (unpaired) electrons. The minimum atomic E-state index is -3.20. The summed E-state index contributed by atoms with van der Waals surface area (Å²) in [5.41, 5.74) is 2.91. The second-order valence-electron chi connectivity index (χ2n) is 6.88. The number of carbonyl (C=O) groups excluding carboxylic acids is 2. The lowest BCUT2D eigenvalue weighted by Crippen LogP contribution is -2.22. The van der Waals surface area contributed by atoms with Crippen molar-refractivity contribution in [2.24, 2.45) is 0 Å². The molecule has 0 saturated carbocycles. The molecule has 0 unspecified atom stereocenters. The Balaban J connectivity index is 1.79. The molecule has 1 N–H and O–H groups in total. The quantitative estimate of drug-likeness (QED) is 0.698. The summed E-state index contributed by atoms with van der Waals surface area (Å²) in [6, 6.07) is 5.66. The molecule has 0 atom stereocenters. The van der Waals surface area contributed by atoms with Gasteiger partial charge in [-0.2, -0.15) is 0 Å². The van der Waals surface area contributed by atoms with Crippen LogP contribution in [0.25, 0.3) is 0 Å². The number of thiophene rings is 1. The predicted molar refractivity (Wildman–Crippen MR) is 112 cm³/mol. The molecule has 0 fully saturated rings. The van der Waals surface area contributed by atoms with Gasteiger partial charge in [0.2, 0.25) is 0 Å². The maximum absolute atomic E-state index is 12.4. The van der Waals surface area contributed by atoms with E-state index in [0.29, 0.717) is 21.2 Å². The van der Waals surface area contributed by atoms with Gasteiger partial charge < -0.3 is 14.8 Å². The van der Waals surface area contributed by atoms with Gasteiger partial charge in [0.25, 0.3) is 5.91 Å². The number of aryl methyl sites for hydroxylation is 2. The predicted octanol–water partition coefficient (Wildman–Crippen LogP) is 3.03. The SMILES string of the molecule is CCOC(=O)c1c(NC(=O)COc2ccc(C)cc2C)sc2c1CCS(=O)(=O)C2. The second kappa shape index (κ2) is 8.54. The van der Waals surface area contributed by atoms with Gasteiger partial charge in [-0.05, 0) is 44.4 Å². The second-order valence-corrected chi connectivity index (χ2v) is 10.2. The van der Waals surface area contributed by atoms with Crippen LogP contribution in [0.15, 0.2) is 18.2 Å². The summed E-state index contributed by atoms with van der Waals surface area (Å²) >= 11 is 1.11. The highest BCUT2D eigenvalue weighted by molar-refractivity contribution is 7.90. The Labute approximate surface area is 173 Å². The van der Waals surface area contributed by atoms with E-state index >= 15 is 0 Å². The Morgan fingerprint density at radius 2 is 2.00 bits per heavy atom. The number of esters is 1. The molecule has 7 nitrogen and oxygen atoms in total. The first kappa shape index (κ1) is 21.3. The number of hydrogen-bond donors (Lipinski definition) is 1. The molecule has 1 aliphatic rings. The van der Waals surface area contributed by atoms with Crippen molar-refractivity contribution in [3.63, 3.8) is 0 Å². The summed E-state index contributed by atoms with van der Waals surface area (Å²) in [4.78, 5) is 25.5. The van der Waals surface area contributed by atoms with Crippen LogP contribution >= 0.6 is 11.3 Å². The van der Waals surface area contributed by atoms with Crippen molar-refractivity contribution in [3.8, 4) is 5.75 Å². The lowest BCUT2D eigenvalue weighted by molar-refractivity contribution is -0.118. The first-order chi connectivity index (χ1) is 13.7. The number of fused-ring (bicyclic) bond motifs is 1. The Hall–Kier alpha value is -2.39. The summed E-state index contributed by atoms with van der Waals surface area (Å²) in [5.74, 6) is -0.541. The normalized spacial score (nSPS) is 14.7. The molecular weight excluding hydrogens is 414 g/mol. The zero-order valence-corrected chi connectivity index (χ0v) is 18.2. The zero-order valence-electron chi connectivity index (χ0n) is 16.5. The van der Waals surface area contributed by atoms with Crippen molar-refractivity contribution in [3.05, 3.63) is 45.3 Å². The molecule has 0 spiro atoms. The summed E-state index contributed by atoms with van der Waals surface area (Å²) in [5, 5.41) is 3.00. The van der Waals surface area contributed by atoms with Gasteiger partial charge in [0.15, 0.2) is 16.4 Å². The number of rotatable bonds is 6. The largest absolute Gasteiger partial charge is 0.483 e. The molecule has 3 rings (SSSR count). The van der Waals surface area contributed by atoms with Crippen molar-refractivity contribution in [1.29, 1.82) is 0 Å². The number of carbonyl (C=O) groups is 2. The maximum Gasteiger partial charge on any atom is 0.341 e. The van der Waals surface area contributed by atoms with E-state index in [4.69, 9.17) is 9.47 Å². The fraction of sp³-hybridized carbons (Fsp3) is 0.400. The van der Waals surface area contributed by atoms with E-state index < -0.39 is 21.7 Å². The molecular formula is C20H23NO6S2. The van der Waals surface area contributed by atoms with E-state index in [-0.39, 0.29) is 36.7 Å². The molecule has 2 heterocycles. The van der Waals surface area contributed by atoms with Gasteiger partial charge in [-0.1, -0.05) is 17.7 Å². The molecule has 9 heteroatoms. The Bertz CT molecular complexity index is 1060. The standard InChI is InChI=1S/C20H23NO6S2/c1-4-26-20(23)18-14-7-8-29(24,25)11-16(14)28-19(18)21-17(22)10-27-15-6-5-12(2)9-13(15)3/h5-6,9H,4,7-8,10-11H2,1-3H3,(H,21,22). The van der Waals surface area contributed by atoms with Crippen LogP contribution in [-0.4, -0.2) is 39.3 Å². The van der Waals surface area contributed by atoms with Crippen molar-refractivity contribution in [1.82, 2.24) is 0 Å². The zero-order chi connectivity index (χ0) is 21.2. The summed E-state index contributed by atoms with van der Waals surface area (Å²) in [7, 11) is -3.20. The van der Waals surface area contributed by atoms with Crippen LogP contribution in [0.4, 0.5) is 5.00 Å². The molecule has 0 aliphatic carbocycles. The molecule has 0 saturated heterocycles. The van der Waals surface area contributed by atoms with Crippen molar-refractivity contribution in [2.45, 2.75) is 32.9 Å². The van der Waals surface area contributed by atoms with Crippen LogP contribution in [0.2, 0.25) is 0 Å². The smallest absolute Gasteiger partial charge is 0.341 e. The third-order valence-corrected chi connectivity index (χ3v) is 7.41. The molecule has 156 valence electrons. The highest BCUT2D eigenvalue weighted by Crippen LogP contribution is 2.38. The van der Waals surface area contributed by atoms with Gasteiger partial charge in [-0.25, -0.2) is 13.2 Å². The Kier molecular flexibility index (Phi) is 6.28. The summed E-state index contributed by atoms with van der Waals surface area (Å²) in [6.45, 7) is 5.52. The number of ether oxygens (including phenoxy) is 2. The fourth-order valence-electron chi connectivity index (χ4n) is 3.20. The average molecular weight is 438 g/mol. The lowest BCUT2D eigenvalue weighted by atomic mass is 10.1. The number of hydrogen-bond acceptors (Lipinski definition) is 7. The Morgan fingerprint density at radius 1 is 1.24 bits per heavy atom. The van der Waals surface area contributed by atoms with Gasteiger partial charge in [-0.15, -0.1) is 11.3 Å². The minimum Gasteiger partial charge on any atom is -0.483 e. The first-order valence-corrected chi connectivity index (χ1v) is 11.9. The van der Waals surface area contributed by atoms with Crippen molar-refractivity contribution in [2.75, 3.05) is 24.3 Å². The highest BCUT2D eigenvalue weighted by atomic mass is 32.2. The van der Waals surface area contributed by atoms with E-state index in [1.54, 1.807) is 13.0 Å². The van der Waals surface area contributed by atoms with Gasteiger partial charge in [-0.3, -0.25) is 4.79 Å². The minimum absolute atomic E-state index is 0.0215. The number of nitrogens with one attached hydrogen (secondary N) is 1. The Morgan fingerprint density at radius 3 is 2.69 bits per heavy atom. The molecule has 0 bridgehead atoms. The van der Waals surface area contributed by atoms with Crippen molar-refractivity contribution >= 4 is 38.1 Å². The van der Waals surface area contributed by atoms with Crippen LogP contribution in [0.3, 0.4) is 0 Å². The average Bonchev–Trinajstić information content (AvgIpc) is 2.96. The third-order valence-electron chi connectivity index (χ3n) is 4.53. The molecule has 2 aromatic rings. The van der Waals surface area contributed by atoms with Gasteiger partial charge in [0.05, 0.1) is 23.7 Å². The number of sulfone groups is 1. The van der Waals surface area contributed by atoms with Crippen LogP contribution in [-0.2, 0) is 31.5 Å². The van der Waals surface area contributed by atoms with E-state index in [2.05, 4.69) is 5.32 Å². The number of anilines is 1. The summed E-state index contributed by atoms with van der Waals surface area (Å²) < 4.78 is 34.6. The maximum atomic E-state index is 12.4. The van der Waals surface area contributed by atoms with Gasteiger partial charge >= 0.3 is 5.97 Å². The van der Waals surface area contributed by atoms with E-state index in [1.165, 1.54) is 0 Å². The number of amides is 1. The number of benzene rings is 1. The van der Waals surface area contributed by atoms with Gasteiger partial charge in [0, 0.05) is 4.88 Å². The van der Waals surface area contributed by atoms with Gasteiger partial charge in [0.1, 0.15) is 10.8 Å². The molecule has 1 aromatic heterocycles. The molecule has 1 aliphatic heterocycles. The van der Waals surface area contributed by atoms with Crippen LogP contribution in [0, 0.1) is 13.8 Å². The third kappa shape index (κ3) is 4.97. The fourth-order valence-corrected chi connectivity index (χ4v) is 6.25. The van der Waals surface area contributed by atoms with Crippen LogP contribution < -0.4 is 10.1 Å². The first-order valence-electron chi connectivity index (χ1n) is 9.22. The molecule has 29 heavy (non-hydrogen) atoms. The van der Waals surface area contributed by atoms with E-state index in [1.807, 2.05) is 26.0 Å². The monoisotopic (exact) mass is 437 g/mol. The lowest BCUT2D eigenvalue weighted by Gasteiger charge is -2.13. The topological polar surface area (TPSA) is 98.8 Å². The summed E-state index contributed by atoms with van der Waals surface area (Å²) in [6.07, 6.45) is 0.233. The van der Waals surface area contributed by atoms with Crippen LogP contribution in [0.5, 0.6) is 5.75 Å². The van der Waals surface area contributed by atoms with Crippen LogP contribution in [0.1, 0.15) is 38.8 Å². The van der Waals surface area contributed by atoms with E-state index in [9.17, 15) is 18.0 Å².